The number of hydrogen-bond acceptors (Lipinski definition) is 2. The quantitative estimate of drug-likeness (QED) is 0.627. The molecule has 0 heterocycles. The molecule has 0 aliphatic rings. The van der Waals surface area contributed by atoms with Gasteiger partial charge in [-0.05, 0) is 53.8 Å². The van der Waals surface area contributed by atoms with E-state index in [1.807, 2.05) is 68.4 Å². The van der Waals surface area contributed by atoms with Crippen LogP contribution in [0.3, 0.4) is 0 Å². The Morgan fingerprint density at radius 1 is 0.852 bits per heavy atom. The number of aromatic hydroxyl groups is 1. The third-order valence-electron chi connectivity index (χ3n) is 5.45. The highest BCUT2D eigenvalue weighted by molar-refractivity contribution is 5.95. The average Bonchev–Trinajstić information content (AvgIpc) is 2.65. The first-order valence-electron chi connectivity index (χ1n) is 8.96. The van der Waals surface area contributed by atoms with Crippen molar-refractivity contribution < 1.29 is 15.0 Å². The molecule has 27 heavy (non-hydrogen) atoms. The van der Waals surface area contributed by atoms with Crippen molar-refractivity contribution in [2.75, 3.05) is 0 Å². The van der Waals surface area contributed by atoms with E-state index in [1.165, 1.54) is 0 Å². The van der Waals surface area contributed by atoms with Crippen LogP contribution in [-0.4, -0.2) is 16.2 Å². The summed E-state index contributed by atoms with van der Waals surface area (Å²) in [6, 6.07) is 19.3. The number of rotatable bonds is 4. The normalized spacial score (nSPS) is 11.4. The molecule has 3 rings (SSSR count). The zero-order valence-electron chi connectivity index (χ0n) is 16.1. The second-order valence-corrected chi connectivity index (χ2v) is 7.46. The molecule has 0 saturated heterocycles. The van der Waals surface area contributed by atoms with Gasteiger partial charge < -0.3 is 10.2 Å². The fourth-order valence-corrected chi connectivity index (χ4v) is 3.43. The van der Waals surface area contributed by atoms with Gasteiger partial charge >= 0.3 is 5.97 Å². The Morgan fingerprint density at radius 2 is 1.52 bits per heavy atom. The maximum atomic E-state index is 11.8. The van der Waals surface area contributed by atoms with E-state index in [1.54, 1.807) is 6.07 Å². The van der Waals surface area contributed by atoms with Gasteiger partial charge in [-0.1, -0.05) is 62.4 Å². The summed E-state index contributed by atoms with van der Waals surface area (Å²) in [5, 5.41) is 20.4. The molecule has 3 aromatic carbocycles. The Kier molecular flexibility index (Phi) is 4.79. The van der Waals surface area contributed by atoms with Gasteiger partial charge in [-0.2, -0.15) is 0 Å². The Bertz CT molecular complexity index is 1000. The van der Waals surface area contributed by atoms with Crippen molar-refractivity contribution >= 4 is 5.97 Å². The van der Waals surface area contributed by atoms with Crippen LogP contribution in [0.2, 0.25) is 0 Å². The lowest BCUT2D eigenvalue weighted by Gasteiger charge is -2.28. The fourth-order valence-electron chi connectivity index (χ4n) is 3.43. The predicted molar refractivity (Wildman–Crippen MR) is 109 cm³/mol. The minimum atomic E-state index is -1.13. The summed E-state index contributed by atoms with van der Waals surface area (Å²) < 4.78 is 0. The van der Waals surface area contributed by atoms with Gasteiger partial charge in [0.25, 0.3) is 0 Å². The molecule has 3 nitrogen and oxygen atoms in total. The van der Waals surface area contributed by atoms with Crippen LogP contribution in [0.4, 0.5) is 0 Å². The van der Waals surface area contributed by atoms with Gasteiger partial charge in [-0.3, -0.25) is 0 Å². The van der Waals surface area contributed by atoms with Crippen molar-refractivity contribution in [1.82, 2.24) is 0 Å². The standard InChI is InChI=1S/C24H24O3/c1-15-9-8-12-19(16(15)2)20-13-18(14-21(22(20)25)23(26)27)24(3,4)17-10-6-5-7-11-17/h5-14,25H,1-4H3,(H,26,27). The minimum Gasteiger partial charge on any atom is -0.506 e. The van der Waals surface area contributed by atoms with Crippen molar-refractivity contribution in [3.05, 3.63) is 88.5 Å². The number of benzene rings is 3. The first-order chi connectivity index (χ1) is 12.7. The predicted octanol–water partition coefficient (Wildman–Crippen LogP) is 5.70. The summed E-state index contributed by atoms with van der Waals surface area (Å²) >= 11 is 0. The van der Waals surface area contributed by atoms with Crippen LogP contribution in [0.15, 0.2) is 60.7 Å². The Morgan fingerprint density at radius 3 is 2.15 bits per heavy atom. The molecule has 0 radical (unpaired) electrons. The molecule has 0 atom stereocenters. The minimum absolute atomic E-state index is 0.0765. The first-order valence-corrected chi connectivity index (χ1v) is 8.96. The lowest BCUT2D eigenvalue weighted by atomic mass is 9.76. The van der Waals surface area contributed by atoms with E-state index >= 15 is 0 Å². The lowest BCUT2D eigenvalue weighted by molar-refractivity contribution is 0.0693. The maximum Gasteiger partial charge on any atom is 0.339 e. The van der Waals surface area contributed by atoms with Crippen molar-refractivity contribution in [3.63, 3.8) is 0 Å². The van der Waals surface area contributed by atoms with E-state index in [0.717, 1.165) is 27.8 Å². The van der Waals surface area contributed by atoms with E-state index in [9.17, 15) is 15.0 Å². The third-order valence-corrected chi connectivity index (χ3v) is 5.45. The molecule has 138 valence electrons. The molecule has 0 aliphatic carbocycles. The first kappa shape index (κ1) is 18.7. The van der Waals surface area contributed by atoms with E-state index in [4.69, 9.17) is 0 Å². The largest absolute Gasteiger partial charge is 0.506 e. The van der Waals surface area contributed by atoms with Crippen LogP contribution in [0, 0.1) is 13.8 Å². The summed E-state index contributed by atoms with van der Waals surface area (Å²) in [7, 11) is 0. The van der Waals surface area contributed by atoms with Gasteiger partial charge in [0, 0.05) is 11.0 Å². The Hall–Kier alpha value is -3.07. The molecule has 0 amide bonds. The summed E-state index contributed by atoms with van der Waals surface area (Å²) in [5.41, 5.74) is 4.96. The van der Waals surface area contributed by atoms with Crippen molar-refractivity contribution in [1.29, 1.82) is 0 Å². The second-order valence-electron chi connectivity index (χ2n) is 7.46. The summed E-state index contributed by atoms with van der Waals surface area (Å²) in [6.45, 7) is 8.12. The van der Waals surface area contributed by atoms with Gasteiger partial charge in [0.15, 0.2) is 0 Å². The molecule has 0 unspecified atom stereocenters. The van der Waals surface area contributed by atoms with Crippen molar-refractivity contribution in [3.8, 4) is 16.9 Å². The SMILES string of the molecule is Cc1cccc(-c2cc(C(C)(C)c3ccccc3)cc(C(=O)O)c2O)c1C. The smallest absolute Gasteiger partial charge is 0.339 e. The van der Waals surface area contributed by atoms with E-state index in [0.29, 0.717) is 5.56 Å². The second kappa shape index (κ2) is 6.92. The average molecular weight is 360 g/mol. The van der Waals surface area contributed by atoms with Gasteiger partial charge in [0.05, 0.1) is 0 Å². The number of carboxylic acids is 1. The number of aromatic carboxylic acids is 1. The van der Waals surface area contributed by atoms with E-state index in [2.05, 4.69) is 13.8 Å². The molecule has 2 N–H and O–H groups in total. The van der Waals surface area contributed by atoms with E-state index in [-0.39, 0.29) is 11.3 Å². The molecule has 0 bridgehead atoms. The fraction of sp³-hybridized carbons (Fsp3) is 0.208. The van der Waals surface area contributed by atoms with Gasteiger partial charge in [-0.25, -0.2) is 4.79 Å². The van der Waals surface area contributed by atoms with Crippen LogP contribution in [0.25, 0.3) is 11.1 Å². The lowest BCUT2D eigenvalue weighted by Crippen LogP contribution is -2.19. The van der Waals surface area contributed by atoms with Gasteiger partial charge in [-0.15, -0.1) is 0 Å². The molecular weight excluding hydrogens is 336 g/mol. The van der Waals surface area contributed by atoms with Crippen LogP contribution in [-0.2, 0) is 5.41 Å². The highest BCUT2D eigenvalue weighted by Gasteiger charge is 2.27. The summed E-state index contributed by atoms with van der Waals surface area (Å²) in [6.07, 6.45) is 0. The molecule has 0 saturated carbocycles. The van der Waals surface area contributed by atoms with Crippen molar-refractivity contribution in [2.24, 2.45) is 0 Å². The number of phenols is 1. The zero-order chi connectivity index (χ0) is 19.8. The highest BCUT2D eigenvalue weighted by atomic mass is 16.4. The van der Waals surface area contributed by atoms with Crippen LogP contribution >= 0.6 is 0 Å². The number of carbonyl (C=O) groups is 1. The topological polar surface area (TPSA) is 57.5 Å². The monoisotopic (exact) mass is 360 g/mol. The van der Waals surface area contributed by atoms with Crippen LogP contribution < -0.4 is 0 Å². The van der Waals surface area contributed by atoms with Gasteiger partial charge in [0.1, 0.15) is 11.3 Å². The molecule has 0 aromatic heterocycles. The third kappa shape index (κ3) is 3.33. The van der Waals surface area contributed by atoms with Crippen LogP contribution in [0.5, 0.6) is 5.75 Å². The maximum absolute atomic E-state index is 11.8. The van der Waals surface area contributed by atoms with Crippen molar-refractivity contribution in [2.45, 2.75) is 33.1 Å². The Labute approximate surface area is 159 Å². The number of hydrogen-bond donors (Lipinski definition) is 2. The number of carboxylic acid groups (broad SMARTS) is 1. The number of aryl methyl sites for hydroxylation is 1. The zero-order valence-corrected chi connectivity index (χ0v) is 16.1. The molecule has 0 fully saturated rings. The van der Waals surface area contributed by atoms with Crippen LogP contribution in [0.1, 0.15) is 46.5 Å². The Balaban J connectivity index is 2.30. The molecular formula is C24H24O3. The van der Waals surface area contributed by atoms with Gasteiger partial charge in [0.2, 0.25) is 0 Å². The molecule has 0 aliphatic heterocycles. The molecule has 3 aromatic rings. The highest BCUT2D eigenvalue weighted by Crippen LogP contribution is 2.41. The van der Waals surface area contributed by atoms with E-state index < -0.39 is 11.4 Å². The summed E-state index contributed by atoms with van der Waals surface area (Å²) in [4.78, 5) is 11.8. The summed E-state index contributed by atoms with van der Waals surface area (Å²) in [5.74, 6) is -1.33. The molecule has 3 heteroatoms. The molecule has 0 spiro atoms.